The van der Waals surface area contributed by atoms with Gasteiger partial charge in [0, 0.05) is 20.2 Å². The van der Waals surface area contributed by atoms with E-state index in [1.54, 1.807) is 7.11 Å². The predicted molar refractivity (Wildman–Crippen MR) is 60.7 cm³/mol. The van der Waals surface area contributed by atoms with Gasteiger partial charge in [0.05, 0.1) is 0 Å². The Morgan fingerprint density at radius 3 is 2.67 bits per heavy atom. The van der Waals surface area contributed by atoms with Crippen LogP contribution in [0.3, 0.4) is 0 Å². The maximum Gasteiger partial charge on any atom is 0.251 e. The van der Waals surface area contributed by atoms with Crippen molar-refractivity contribution < 1.29 is 9.53 Å². The second-order valence-electron chi connectivity index (χ2n) is 4.75. The normalized spacial score (nSPS) is 28.5. The van der Waals surface area contributed by atoms with Crippen molar-refractivity contribution in [2.24, 2.45) is 5.92 Å². The van der Waals surface area contributed by atoms with Crippen LogP contribution in [0.5, 0.6) is 0 Å². The molecule has 0 aromatic rings. The van der Waals surface area contributed by atoms with Crippen molar-refractivity contribution in [3.05, 3.63) is 0 Å². The molecule has 1 aliphatic carbocycles. The highest BCUT2D eigenvalue weighted by molar-refractivity contribution is 5.80. The number of rotatable bonds is 3. The van der Waals surface area contributed by atoms with Crippen LogP contribution in [0.25, 0.3) is 0 Å². The van der Waals surface area contributed by atoms with Gasteiger partial charge >= 0.3 is 0 Å². The van der Waals surface area contributed by atoms with Crippen LogP contribution in [-0.2, 0) is 9.53 Å². The van der Waals surface area contributed by atoms with Crippen molar-refractivity contribution in [1.29, 1.82) is 0 Å². The van der Waals surface area contributed by atoms with Crippen LogP contribution in [0.4, 0.5) is 0 Å². The van der Waals surface area contributed by atoms with Crippen molar-refractivity contribution in [2.45, 2.75) is 51.7 Å². The molecule has 0 aromatic carbocycles. The molecule has 1 aliphatic rings. The van der Waals surface area contributed by atoms with Crippen LogP contribution in [-0.4, -0.2) is 37.1 Å². The third kappa shape index (κ3) is 3.20. The molecule has 1 fully saturated rings. The number of hydrogen-bond donors (Lipinski definition) is 0. The Hall–Kier alpha value is -0.570. The zero-order chi connectivity index (χ0) is 11.4. The molecule has 0 N–H and O–H groups in total. The van der Waals surface area contributed by atoms with E-state index in [1.807, 2.05) is 18.9 Å². The van der Waals surface area contributed by atoms with E-state index in [0.29, 0.717) is 6.04 Å². The SMILES string of the molecule is COC(C)C(=O)N(C)C1CCCC(C)C1. The predicted octanol–water partition coefficient (Wildman–Crippen LogP) is 2.06. The van der Waals surface area contributed by atoms with E-state index in [-0.39, 0.29) is 12.0 Å². The quantitative estimate of drug-likeness (QED) is 0.718. The van der Waals surface area contributed by atoms with Crippen LogP contribution in [0, 0.1) is 5.92 Å². The van der Waals surface area contributed by atoms with Crippen molar-refractivity contribution in [2.75, 3.05) is 14.2 Å². The van der Waals surface area contributed by atoms with E-state index in [2.05, 4.69) is 6.92 Å². The maximum atomic E-state index is 11.9. The molecule has 3 unspecified atom stereocenters. The average molecular weight is 213 g/mol. The molecular formula is C12H23NO2. The highest BCUT2D eigenvalue weighted by Gasteiger charge is 2.27. The van der Waals surface area contributed by atoms with E-state index in [9.17, 15) is 4.79 Å². The first-order chi connectivity index (χ1) is 7.06. The van der Waals surface area contributed by atoms with Crippen molar-refractivity contribution in [1.82, 2.24) is 4.90 Å². The number of methoxy groups -OCH3 is 1. The molecule has 0 aromatic heterocycles. The standard InChI is InChI=1S/C12H23NO2/c1-9-6-5-7-11(8-9)13(3)12(14)10(2)15-4/h9-11H,5-8H2,1-4H3. The summed E-state index contributed by atoms with van der Waals surface area (Å²) in [5, 5.41) is 0. The summed E-state index contributed by atoms with van der Waals surface area (Å²) in [5.74, 6) is 0.855. The van der Waals surface area contributed by atoms with Gasteiger partial charge in [0.1, 0.15) is 6.10 Å². The molecule has 1 rings (SSSR count). The largest absolute Gasteiger partial charge is 0.372 e. The molecule has 0 aliphatic heterocycles. The Labute approximate surface area is 92.8 Å². The van der Waals surface area contributed by atoms with Crippen LogP contribution in [0.15, 0.2) is 0 Å². The minimum atomic E-state index is -0.313. The Balaban J connectivity index is 2.51. The minimum absolute atomic E-state index is 0.108. The molecule has 88 valence electrons. The van der Waals surface area contributed by atoms with Crippen LogP contribution in [0.1, 0.15) is 39.5 Å². The second-order valence-corrected chi connectivity index (χ2v) is 4.75. The highest BCUT2D eigenvalue weighted by atomic mass is 16.5. The zero-order valence-electron chi connectivity index (χ0n) is 10.3. The Morgan fingerprint density at radius 1 is 1.47 bits per heavy atom. The van der Waals surface area contributed by atoms with Gasteiger partial charge in [-0.3, -0.25) is 4.79 Å². The monoisotopic (exact) mass is 213 g/mol. The fourth-order valence-corrected chi connectivity index (χ4v) is 2.32. The first-order valence-electron chi connectivity index (χ1n) is 5.85. The first kappa shape index (κ1) is 12.5. The van der Waals surface area contributed by atoms with E-state index < -0.39 is 0 Å². The highest BCUT2D eigenvalue weighted by Crippen LogP contribution is 2.26. The first-order valence-corrected chi connectivity index (χ1v) is 5.85. The minimum Gasteiger partial charge on any atom is -0.372 e. The van der Waals surface area contributed by atoms with Gasteiger partial charge in [0.15, 0.2) is 0 Å². The number of carbonyl (C=O) groups is 1. The summed E-state index contributed by atoms with van der Waals surface area (Å²) in [5.41, 5.74) is 0. The van der Waals surface area contributed by atoms with E-state index in [0.717, 1.165) is 18.8 Å². The molecule has 0 radical (unpaired) electrons. The molecule has 3 atom stereocenters. The van der Waals surface area contributed by atoms with Gasteiger partial charge in [-0.1, -0.05) is 19.8 Å². The molecule has 3 nitrogen and oxygen atoms in total. The lowest BCUT2D eigenvalue weighted by molar-refractivity contribution is -0.142. The van der Waals surface area contributed by atoms with Gasteiger partial charge in [-0.15, -0.1) is 0 Å². The van der Waals surface area contributed by atoms with Gasteiger partial charge in [0.2, 0.25) is 0 Å². The van der Waals surface area contributed by atoms with E-state index in [1.165, 1.54) is 12.8 Å². The van der Waals surface area contributed by atoms with E-state index >= 15 is 0 Å². The summed E-state index contributed by atoms with van der Waals surface area (Å²) < 4.78 is 5.06. The van der Waals surface area contributed by atoms with Gasteiger partial charge in [-0.2, -0.15) is 0 Å². The van der Waals surface area contributed by atoms with Crippen LogP contribution >= 0.6 is 0 Å². The summed E-state index contributed by atoms with van der Waals surface area (Å²) in [6, 6.07) is 0.416. The number of amides is 1. The molecule has 0 saturated heterocycles. The second kappa shape index (κ2) is 5.50. The van der Waals surface area contributed by atoms with E-state index in [4.69, 9.17) is 4.74 Å². The third-order valence-corrected chi connectivity index (χ3v) is 3.51. The number of likely N-dealkylation sites (N-methyl/N-ethyl adjacent to an activating group) is 1. The molecule has 0 spiro atoms. The summed E-state index contributed by atoms with van der Waals surface area (Å²) in [6.45, 7) is 4.08. The Kier molecular flexibility index (Phi) is 4.58. The van der Waals surface area contributed by atoms with Gasteiger partial charge in [0.25, 0.3) is 5.91 Å². The number of nitrogens with zero attached hydrogens (tertiary/aromatic N) is 1. The van der Waals surface area contributed by atoms with Crippen LogP contribution in [0.2, 0.25) is 0 Å². The summed E-state index contributed by atoms with van der Waals surface area (Å²) in [4.78, 5) is 13.8. The molecule has 0 heterocycles. The number of hydrogen-bond acceptors (Lipinski definition) is 2. The molecule has 1 amide bonds. The molecular weight excluding hydrogens is 190 g/mol. The van der Waals surface area contributed by atoms with Gasteiger partial charge in [-0.25, -0.2) is 0 Å². The van der Waals surface area contributed by atoms with Gasteiger partial charge in [-0.05, 0) is 25.7 Å². The Bertz CT molecular complexity index is 218. The van der Waals surface area contributed by atoms with Crippen molar-refractivity contribution in [3.63, 3.8) is 0 Å². The topological polar surface area (TPSA) is 29.5 Å². The summed E-state index contributed by atoms with van der Waals surface area (Å²) in [6.07, 6.45) is 4.51. The lowest BCUT2D eigenvalue weighted by Gasteiger charge is -2.35. The molecule has 1 saturated carbocycles. The zero-order valence-corrected chi connectivity index (χ0v) is 10.3. The van der Waals surface area contributed by atoms with Crippen LogP contribution < -0.4 is 0 Å². The maximum absolute atomic E-state index is 11.9. The smallest absolute Gasteiger partial charge is 0.251 e. The third-order valence-electron chi connectivity index (χ3n) is 3.51. The molecule has 15 heavy (non-hydrogen) atoms. The molecule has 3 heteroatoms. The number of carbonyl (C=O) groups excluding carboxylic acids is 1. The lowest BCUT2D eigenvalue weighted by Crippen LogP contribution is -2.44. The fourth-order valence-electron chi connectivity index (χ4n) is 2.32. The van der Waals surface area contributed by atoms with Gasteiger partial charge < -0.3 is 9.64 Å². The Morgan fingerprint density at radius 2 is 2.13 bits per heavy atom. The summed E-state index contributed by atoms with van der Waals surface area (Å²) >= 11 is 0. The average Bonchev–Trinajstić information content (AvgIpc) is 2.26. The summed E-state index contributed by atoms with van der Waals surface area (Å²) in [7, 11) is 3.49. The lowest BCUT2D eigenvalue weighted by atomic mass is 9.86. The fraction of sp³-hybridized carbons (Fsp3) is 0.917. The number of ether oxygens (including phenoxy) is 1. The van der Waals surface area contributed by atoms with Crippen molar-refractivity contribution in [3.8, 4) is 0 Å². The molecule has 0 bridgehead atoms. The van der Waals surface area contributed by atoms with Crippen molar-refractivity contribution >= 4 is 5.91 Å².